The molecule has 1 saturated carbocycles. The van der Waals surface area contributed by atoms with Crippen LogP contribution in [0.3, 0.4) is 0 Å². The first-order chi connectivity index (χ1) is 5.31. The van der Waals surface area contributed by atoms with Crippen LogP contribution in [0.4, 0.5) is 0 Å². The third-order valence-corrected chi connectivity index (χ3v) is 2.13. The Morgan fingerprint density at radius 1 is 1.42 bits per heavy atom. The van der Waals surface area contributed by atoms with Gasteiger partial charge in [0.2, 0.25) is 5.91 Å². The molecule has 0 aromatic rings. The highest BCUT2D eigenvalue weighted by Crippen LogP contribution is 2.34. The number of hydrogen-bond donors (Lipinski definition) is 1. The summed E-state index contributed by atoms with van der Waals surface area (Å²) in [5, 5.41) is 3.05. The zero-order valence-corrected chi connectivity index (χ0v) is 8.53. The van der Waals surface area contributed by atoms with Crippen molar-refractivity contribution in [1.82, 2.24) is 5.32 Å². The normalized spacial score (nSPS) is 20.3. The molecule has 0 bridgehead atoms. The minimum absolute atomic E-state index is 0.106. The summed E-state index contributed by atoms with van der Waals surface area (Å²) in [7, 11) is 0. The van der Waals surface area contributed by atoms with Gasteiger partial charge in [0, 0.05) is 12.0 Å². The van der Waals surface area contributed by atoms with Gasteiger partial charge in [-0.3, -0.25) is 4.79 Å². The van der Waals surface area contributed by atoms with Gasteiger partial charge in [-0.2, -0.15) is 0 Å². The first-order valence-corrected chi connectivity index (χ1v) is 4.62. The van der Waals surface area contributed by atoms with E-state index in [0.29, 0.717) is 6.42 Å². The fourth-order valence-electron chi connectivity index (χ4n) is 1.17. The molecule has 0 unspecified atom stereocenters. The van der Waals surface area contributed by atoms with Crippen LogP contribution in [0.2, 0.25) is 0 Å². The molecule has 2 heteroatoms. The van der Waals surface area contributed by atoms with Gasteiger partial charge in [-0.15, -0.1) is 0 Å². The standard InChI is InChI=1S/C10H19NO/c1-9(2,3)7-8(12)11-10(4)5-6-10/h5-7H2,1-4H3,(H,11,12). The summed E-state index contributed by atoms with van der Waals surface area (Å²) in [5.41, 5.74) is 0.248. The average Bonchev–Trinajstić information content (AvgIpc) is 2.40. The van der Waals surface area contributed by atoms with E-state index in [4.69, 9.17) is 0 Å². The van der Waals surface area contributed by atoms with Crippen LogP contribution in [-0.4, -0.2) is 11.4 Å². The Balaban J connectivity index is 2.30. The molecule has 0 atom stereocenters. The van der Waals surface area contributed by atoms with Crippen LogP contribution < -0.4 is 5.32 Å². The molecule has 0 aromatic heterocycles. The van der Waals surface area contributed by atoms with Crippen molar-refractivity contribution < 1.29 is 4.79 Å². The topological polar surface area (TPSA) is 29.1 Å². The van der Waals surface area contributed by atoms with Gasteiger partial charge in [0.05, 0.1) is 0 Å². The molecule has 1 N–H and O–H groups in total. The van der Waals surface area contributed by atoms with Crippen molar-refractivity contribution in [3.05, 3.63) is 0 Å². The summed E-state index contributed by atoms with van der Waals surface area (Å²) in [4.78, 5) is 11.4. The van der Waals surface area contributed by atoms with Crippen molar-refractivity contribution >= 4 is 5.91 Å². The number of rotatable bonds is 2. The van der Waals surface area contributed by atoms with Gasteiger partial charge in [-0.05, 0) is 25.2 Å². The average molecular weight is 169 g/mol. The molecule has 0 aliphatic heterocycles. The Hall–Kier alpha value is -0.530. The fourth-order valence-corrected chi connectivity index (χ4v) is 1.17. The van der Waals surface area contributed by atoms with Crippen LogP contribution in [0.1, 0.15) is 47.0 Å². The Kier molecular flexibility index (Phi) is 2.19. The van der Waals surface area contributed by atoms with Gasteiger partial charge >= 0.3 is 0 Å². The molecule has 0 saturated heterocycles. The van der Waals surface area contributed by atoms with E-state index in [2.05, 4.69) is 33.0 Å². The van der Waals surface area contributed by atoms with Gasteiger partial charge in [0.25, 0.3) is 0 Å². The summed E-state index contributed by atoms with van der Waals surface area (Å²) in [6.07, 6.45) is 2.91. The molecule has 2 nitrogen and oxygen atoms in total. The lowest BCUT2D eigenvalue weighted by Crippen LogP contribution is -2.36. The van der Waals surface area contributed by atoms with Crippen LogP contribution in [-0.2, 0) is 4.79 Å². The second-order valence-corrected chi connectivity index (χ2v) is 5.35. The van der Waals surface area contributed by atoms with E-state index in [9.17, 15) is 4.79 Å². The molecule has 70 valence electrons. The zero-order chi connectivity index (χ0) is 9.41. The predicted octanol–water partition coefficient (Wildman–Crippen LogP) is 2.09. The summed E-state index contributed by atoms with van der Waals surface area (Å²) >= 11 is 0. The molecule has 1 aliphatic carbocycles. The van der Waals surface area contributed by atoms with E-state index in [-0.39, 0.29) is 16.9 Å². The first kappa shape index (κ1) is 9.56. The van der Waals surface area contributed by atoms with Crippen LogP contribution >= 0.6 is 0 Å². The number of nitrogens with one attached hydrogen (secondary N) is 1. The molecular weight excluding hydrogens is 150 g/mol. The number of hydrogen-bond acceptors (Lipinski definition) is 1. The second-order valence-electron chi connectivity index (χ2n) is 5.35. The van der Waals surface area contributed by atoms with Gasteiger partial charge < -0.3 is 5.32 Å². The lowest BCUT2D eigenvalue weighted by molar-refractivity contribution is -0.123. The molecule has 1 fully saturated rings. The minimum atomic E-state index is 0.106. The van der Waals surface area contributed by atoms with Gasteiger partial charge in [-0.1, -0.05) is 20.8 Å². The van der Waals surface area contributed by atoms with Gasteiger partial charge in [0.1, 0.15) is 0 Å². The lowest BCUT2D eigenvalue weighted by Gasteiger charge is -2.19. The summed E-state index contributed by atoms with van der Waals surface area (Å²) in [6.45, 7) is 8.36. The van der Waals surface area contributed by atoms with Crippen molar-refractivity contribution in [2.75, 3.05) is 0 Å². The Labute approximate surface area is 74.7 Å². The first-order valence-electron chi connectivity index (χ1n) is 4.62. The van der Waals surface area contributed by atoms with Crippen molar-refractivity contribution in [1.29, 1.82) is 0 Å². The van der Waals surface area contributed by atoms with Crippen LogP contribution in [0, 0.1) is 5.41 Å². The Morgan fingerprint density at radius 2 is 1.92 bits per heavy atom. The summed E-state index contributed by atoms with van der Waals surface area (Å²) in [6, 6.07) is 0. The number of carbonyl (C=O) groups excluding carboxylic acids is 1. The van der Waals surface area contributed by atoms with Gasteiger partial charge in [0.15, 0.2) is 0 Å². The Bertz CT molecular complexity index is 177. The Morgan fingerprint density at radius 3 is 2.25 bits per heavy atom. The maximum absolute atomic E-state index is 11.4. The molecule has 1 amide bonds. The number of carbonyl (C=O) groups is 1. The lowest BCUT2D eigenvalue weighted by atomic mass is 9.92. The molecular formula is C10H19NO. The minimum Gasteiger partial charge on any atom is -0.351 e. The highest BCUT2D eigenvalue weighted by molar-refractivity contribution is 5.77. The second kappa shape index (κ2) is 2.75. The molecule has 0 spiro atoms. The molecule has 1 aliphatic rings. The van der Waals surface area contributed by atoms with E-state index in [1.807, 2.05) is 0 Å². The van der Waals surface area contributed by atoms with Crippen LogP contribution in [0.15, 0.2) is 0 Å². The van der Waals surface area contributed by atoms with E-state index in [1.54, 1.807) is 0 Å². The van der Waals surface area contributed by atoms with E-state index in [0.717, 1.165) is 12.8 Å². The van der Waals surface area contributed by atoms with Crippen molar-refractivity contribution in [3.8, 4) is 0 Å². The highest BCUT2D eigenvalue weighted by atomic mass is 16.1. The highest BCUT2D eigenvalue weighted by Gasteiger charge is 2.38. The largest absolute Gasteiger partial charge is 0.351 e. The molecule has 0 heterocycles. The SMILES string of the molecule is CC(C)(C)CC(=O)NC1(C)CC1. The van der Waals surface area contributed by atoms with E-state index in [1.165, 1.54) is 0 Å². The molecule has 0 radical (unpaired) electrons. The smallest absolute Gasteiger partial charge is 0.220 e. The summed E-state index contributed by atoms with van der Waals surface area (Å²) in [5.74, 6) is 0.197. The van der Waals surface area contributed by atoms with E-state index < -0.39 is 0 Å². The summed E-state index contributed by atoms with van der Waals surface area (Å²) < 4.78 is 0. The van der Waals surface area contributed by atoms with E-state index >= 15 is 0 Å². The van der Waals surface area contributed by atoms with Crippen LogP contribution in [0.25, 0.3) is 0 Å². The van der Waals surface area contributed by atoms with Gasteiger partial charge in [-0.25, -0.2) is 0 Å². The molecule has 12 heavy (non-hydrogen) atoms. The molecule has 0 aromatic carbocycles. The fraction of sp³-hybridized carbons (Fsp3) is 0.900. The number of amides is 1. The third kappa shape index (κ3) is 3.24. The maximum atomic E-state index is 11.4. The van der Waals surface area contributed by atoms with Crippen molar-refractivity contribution in [2.45, 2.75) is 52.5 Å². The predicted molar refractivity (Wildman–Crippen MR) is 49.9 cm³/mol. The monoisotopic (exact) mass is 169 g/mol. The third-order valence-electron chi connectivity index (χ3n) is 2.13. The van der Waals surface area contributed by atoms with Crippen LogP contribution in [0.5, 0.6) is 0 Å². The van der Waals surface area contributed by atoms with Crippen molar-refractivity contribution in [3.63, 3.8) is 0 Å². The zero-order valence-electron chi connectivity index (χ0n) is 8.53. The quantitative estimate of drug-likeness (QED) is 0.673. The molecule has 1 rings (SSSR count). The van der Waals surface area contributed by atoms with Crippen molar-refractivity contribution in [2.24, 2.45) is 5.41 Å². The maximum Gasteiger partial charge on any atom is 0.220 e.